The van der Waals surface area contributed by atoms with E-state index in [9.17, 15) is 9.59 Å². The predicted octanol–water partition coefficient (Wildman–Crippen LogP) is 2.78. The third kappa shape index (κ3) is 3.59. The second-order valence-electron chi connectivity index (χ2n) is 4.05. The molecule has 0 bridgehead atoms. The first-order valence-corrected chi connectivity index (χ1v) is 8.06. The fourth-order valence-electron chi connectivity index (χ4n) is 1.63. The molecule has 2 rings (SSSR count). The molecule has 0 aliphatic carbocycles. The van der Waals surface area contributed by atoms with Gasteiger partial charge in [-0.15, -0.1) is 22.7 Å². The first-order chi connectivity index (χ1) is 10.0. The largest absolute Gasteiger partial charge is 0.462 e. The van der Waals surface area contributed by atoms with E-state index in [1.807, 2.05) is 6.92 Å². The van der Waals surface area contributed by atoms with E-state index >= 15 is 0 Å². The quantitative estimate of drug-likeness (QED) is 0.824. The van der Waals surface area contributed by atoms with Gasteiger partial charge in [-0.1, -0.05) is 6.92 Å². The number of ether oxygens (including phenoxy) is 1. The van der Waals surface area contributed by atoms with E-state index in [-0.39, 0.29) is 12.3 Å². The Morgan fingerprint density at radius 1 is 1.43 bits per heavy atom. The van der Waals surface area contributed by atoms with Crippen LogP contribution in [0.4, 0.5) is 10.1 Å². The standard InChI is InChI=1S/C13H15N3O3S2/c1-3-7-5-8(12(18)19-4-2)11(21-7)16-10(17)9-6-20-13(14)15-9/h5-6H,3-4H2,1-2H3,(H2,14,15)(H,16,17). The lowest BCUT2D eigenvalue weighted by molar-refractivity contribution is 0.0528. The van der Waals surface area contributed by atoms with Crippen molar-refractivity contribution in [3.63, 3.8) is 0 Å². The highest BCUT2D eigenvalue weighted by atomic mass is 32.1. The van der Waals surface area contributed by atoms with Gasteiger partial charge in [-0.2, -0.15) is 0 Å². The molecule has 8 heteroatoms. The molecule has 2 aromatic heterocycles. The van der Waals surface area contributed by atoms with Crippen molar-refractivity contribution < 1.29 is 14.3 Å². The van der Waals surface area contributed by atoms with Crippen molar-refractivity contribution in [1.82, 2.24) is 4.98 Å². The molecule has 2 aromatic rings. The Labute approximate surface area is 130 Å². The molecule has 3 N–H and O–H groups in total. The molecule has 0 aliphatic rings. The summed E-state index contributed by atoms with van der Waals surface area (Å²) in [5.41, 5.74) is 6.11. The molecule has 0 aromatic carbocycles. The van der Waals surface area contributed by atoms with Crippen LogP contribution in [0.5, 0.6) is 0 Å². The molecule has 0 atom stereocenters. The van der Waals surface area contributed by atoms with Gasteiger partial charge in [0.25, 0.3) is 5.91 Å². The van der Waals surface area contributed by atoms with Crippen LogP contribution in [0.15, 0.2) is 11.4 Å². The number of carbonyl (C=O) groups is 2. The summed E-state index contributed by atoms with van der Waals surface area (Å²) in [4.78, 5) is 28.9. The summed E-state index contributed by atoms with van der Waals surface area (Å²) in [5, 5.41) is 5.07. The Morgan fingerprint density at radius 2 is 2.19 bits per heavy atom. The number of amides is 1. The number of thiazole rings is 1. The summed E-state index contributed by atoms with van der Waals surface area (Å²) in [5.74, 6) is -0.834. The van der Waals surface area contributed by atoms with Gasteiger partial charge < -0.3 is 15.8 Å². The van der Waals surface area contributed by atoms with E-state index in [0.29, 0.717) is 15.7 Å². The van der Waals surface area contributed by atoms with Crippen LogP contribution in [0.1, 0.15) is 39.6 Å². The van der Waals surface area contributed by atoms with E-state index in [1.54, 1.807) is 18.4 Å². The lowest BCUT2D eigenvalue weighted by Gasteiger charge is -2.04. The van der Waals surface area contributed by atoms with Crippen molar-refractivity contribution in [2.45, 2.75) is 20.3 Å². The predicted molar refractivity (Wildman–Crippen MR) is 84.1 cm³/mol. The minimum Gasteiger partial charge on any atom is -0.462 e. The topological polar surface area (TPSA) is 94.3 Å². The normalized spacial score (nSPS) is 10.4. The number of aromatic nitrogens is 1. The Hall–Kier alpha value is -1.93. The van der Waals surface area contributed by atoms with Crippen molar-refractivity contribution in [3.8, 4) is 0 Å². The molecule has 0 saturated carbocycles. The van der Waals surface area contributed by atoms with Crippen molar-refractivity contribution in [3.05, 3.63) is 27.6 Å². The van der Waals surface area contributed by atoms with Crippen LogP contribution in [0.3, 0.4) is 0 Å². The molecular formula is C13H15N3O3S2. The summed E-state index contributed by atoms with van der Waals surface area (Å²) in [6.45, 7) is 4.00. The lowest BCUT2D eigenvalue weighted by atomic mass is 10.2. The van der Waals surface area contributed by atoms with Crippen molar-refractivity contribution in [2.75, 3.05) is 17.7 Å². The highest BCUT2D eigenvalue weighted by Crippen LogP contribution is 2.30. The maximum Gasteiger partial charge on any atom is 0.341 e. The second-order valence-corrected chi connectivity index (χ2v) is 6.08. The fraction of sp³-hybridized carbons (Fsp3) is 0.308. The number of hydrogen-bond acceptors (Lipinski definition) is 7. The molecule has 6 nitrogen and oxygen atoms in total. The number of esters is 1. The maximum atomic E-state index is 12.1. The fourth-order valence-corrected chi connectivity index (χ4v) is 3.15. The second kappa shape index (κ2) is 6.68. The lowest BCUT2D eigenvalue weighted by Crippen LogP contribution is -2.14. The van der Waals surface area contributed by atoms with Gasteiger partial charge >= 0.3 is 5.97 Å². The molecule has 0 saturated heterocycles. The van der Waals surface area contributed by atoms with Crippen LogP contribution in [0.25, 0.3) is 0 Å². The Bertz CT molecular complexity index is 663. The number of carbonyl (C=O) groups excluding carboxylic acids is 2. The first-order valence-electron chi connectivity index (χ1n) is 6.37. The number of aryl methyl sites for hydroxylation is 1. The number of anilines is 2. The van der Waals surface area contributed by atoms with Crippen molar-refractivity contribution >= 4 is 44.7 Å². The van der Waals surface area contributed by atoms with E-state index in [0.717, 1.165) is 11.3 Å². The number of nitrogen functional groups attached to an aromatic ring is 1. The molecule has 0 fully saturated rings. The SMILES string of the molecule is CCOC(=O)c1cc(CC)sc1NC(=O)c1csc(N)n1. The Kier molecular flexibility index (Phi) is 4.92. The Morgan fingerprint density at radius 3 is 2.76 bits per heavy atom. The van der Waals surface area contributed by atoms with Crippen LogP contribution < -0.4 is 11.1 Å². The zero-order valence-electron chi connectivity index (χ0n) is 11.6. The summed E-state index contributed by atoms with van der Waals surface area (Å²) < 4.78 is 5.00. The summed E-state index contributed by atoms with van der Waals surface area (Å²) in [7, 11) is 0. The molecule has 0 spiro atoms. The molecule has 0 aliphatic heterocycles. The number of nitrogens with two attached hydrogens (primary N) is 1. The van der Waals surface area contributed by atoms with Gasteiger partial charge in [-0.05, 0) is 19.4 Å². The molecule has 112 valence electrons. The number of rotatable bonds is 5. The summed E-state index contributed by atoms with van der Waals surface area (Å²) in [6, 6.07) is 1.74. The molecule has 21 heavy (non-hydrogen) atoms. The zero-order valence-corrected chi connectivity index (χ0v) is 13.3. The summed E-state index contributed by atoms with van der Waals surface area (Å²) in [6.07, 6.45) is 0.774. The number of hydrogen-bond donors (Lipinski definition) is 2. The van der Waals surface area contributed by atoms with Crippen LogP contribution >= 0.6 is 22.7 Å². The first kappa shape index (κ1) is 15.5. The van der Waals surface area contributed by atoms with Crippen LogP contribution in [0, 0.1) is 0 Å². The molecule has 2 heterocycles. The van der Waals surface area contributed by atoms with Crippen molar-refractivity contribution in [1.29, 1.82) is 0 Å². The van der Waals surface area contributed by atoms with Gasteiger partial charge in [0.15, 0.2) is 5.13 Å². The zero-order chi connectivity index (χ0) is 15.4. The van der Waals surface area contributed by atoms with Gasteiger partial charge in [0.2, 0.25) is 0 Å². The van der Waals surface area contributed by atoms with Gasteiger partial charge in [-0.3, -0.25) is 4.79 Å². The van der Waals surface area contributed by atoms with Gasteiger partial charge in [0.1, 0.15) is 10.7 Å². The minimum atomic E-state index is -0.443. The maximum absolute atomic E-state index is 12.1. The smallest absolute Gasteiger partial charge is 0.341 e. The molecule has 1 amide bonds. The minimum absolute atomic E-state index is 0.235. The van der Waals surface area contributed by atoms with Crippen LogP contribution in [-0.4, -0.2) is 23.5 Å². The van der Waals surface area contributed by atoms with Gasteiger partial charge in [-0.25, -0.2) is 9.78 Å². The number of nitrogens with one attached hydrogen (secondary N) is 1. The average molecular weight is 325 g/mol. The van der Waals surface area contributed by atoms with E-state index in [1.165, 1.54) is 22.7 Å². The molecule has 0 radical (unpaired) electrons. The molecule has 0 unspecified atom stereocenters. The highest BCUT2D eigenvalue weighted by Gasteiger charge is 2.20. The highest BCUT2D eigenvalue weighted by molar-refractivity contribution is 7.16. The molecular weight excluding hydrogens is 310 g/mol. The third-order valence-electron chi connectivity index (χ3n) is 2.61. The van der Waals surface area contributed by atoms with Gasteiger partial charge in [0.05, 0.1) is 12.2 Å². The Balaban J connectivity index is 2.24. The van der Waals surface area contributed by atoms with E-state index in [2.05, 4.69) is 10.3 Å². The van der Waals surface area contributed by atoms with Gasteiger partial charge in [0, 0.05) is 10.3 Å². The number of nitrogens with zero attached hydrogens (tertiary/aromatic N) is 1. The number of thiophene rings is 1. The van der Waals surface area contributed by atoms with Crippen molar-refractivity contribution in [2.24, 2.45) is 0 Å². The van der Waals surface area contributed by atoms with E-state index < -0.39 is 11.9 Å². The average Bonchev–Trinajstić information content (AvgIpc) is 3.05. The monoisotopic (exact) mass is 325 g/mol. The third-order valence-corrected chi connectivity index (χ3v) is 4.48. The summed E-state index contributed by atoms with van der Waals surface area (Å²) >= 11 is 2.54. The van der Waals surface area contributed by atoms with E-state index in [4.69, 9.17) is 10.5 Å². The van der Waals surface area contributed by atoms with Crippen LogP contribution in [0.2, 0.25) is 0 Å². The van der Waals surface area contributed by atoms with Crippen LogP contribution in [-0.2, 0) is 11.2 Å².